The zero-order valence-electron chi connectivity index (χ0n) is 11.0. The fraction of sp³-hybridized carbons (Fsp3) is 0.846. The summed E-state index contributed by atoms with van der Waals surface area (Å²) in [6.07, 6.45) is 5.15. The molecule has 2 fully saturated rings. The minimum Gasteiger partial charge on any atom is -0.383 e. The van der Waals surface area contributed by atoms with E-state index in [1.807, 2.05) is 0 Å². The van der Waals surface area contributed by atoms with Crippen LogP contribution >= 0.6 is 0 Å². The number of amides is 2. The van der Waals surface area contributed by atoms with Gasteiger partial charge in [0, 0.05) is 26.6 Å². The van der Waals surface area contributed by atoms with E-state index in [9.17, 15) is 9.59 Å². The first-order valence-corrected chi connectivity index (χ1v) is 6.77. The summed E-state index contributed by atoms with van der Waals surface area (Å²) in [4.78, 5) is 26.2. The molecule has 1 saturated carbocycles. The maximum absolute atomic E-state index is 12.6. The minimum atomic E-state index is -0.625. The summed E-state index contributed by atoms with van der Waals surface area (Å²) in [7, 11) is 1.63. The van der Waals surface area contributed by atoms with E-state index in [4.69, 9.17) is 4.74 Å². The third kappa shape index (κ3) is 2.66. The van der Waals surface area contributed by atoms with Gasteiger partial charge in [-0.3, -0.25) is 9.59 Å². The number of methoxy groups -OCH3 is 1. The fourth-order valence-electron chi connectivity index (χ4n) is 2.93. The average Bonchev–Trinajstić information content (AvgIpc) is 2.48. The van der Waals surface area contributed by atoms with Gasteiger partial charge in [-0.15, -0.1) is 0 Å². The van der Waals surface area contributed by atoms with E-state index >= 15 is 0 Å². The molecule has 2 amide bonds. The minimum absolute atomic E-state index is 0.00478. The molecule has 0 aromatic heterocycles. The molecule has 2 rings (SSSR count). The van der Waals surface area contributed by atoms with E-state index in [1.165, 1.54) is 0 Å². The van der Waals surface area contributed by atoms with Gasteiger partial charge in [0.2, 0.25) is 11.8 Å². The molecule has 5 nitrogen and oxygen atoms in total. The van der Waals surface area contributed by atoms with Gasteiger partial charge in [-0.1, -0.05) is 19.3 Å². The van der Waals surface area contributed by atoms with Crippen molar-refractivity contribution in [2.45, 2.75) is 44.1 Å². The molecular formula is C13H22N2O3. The van der Waals surface area contributed by atoms with Crippen molar-refractivity contribution in [3.63, 3.8) is 0 Å². The molecule has 0 aromatic rings. The topological polar surface area (TPSA) is 58.6 Å². The van der Waals surface area contributed by atoms with Crippen LogP contribution in [0, 0.1) is 0 Å². The Bertz CT molecular complexity index is 324. The van der Waals surface area contributed by atoms with Crippen LogP contribution in [0.1, 0.15) is 38.5 Å². The highest BCUT2D eigenvalue weighted by atomic mass is 16.5. The van der Waals surface area contributed by atoms with E-state index in [-0.39, 0.29) is 11.8 Å². The van der Waals surface area contributed by atoms with E-state index in [2.05, 4.69) is 5.32 Å². The fourth-order valence-corrected chi connectivity index (χ4v) is 2.93. The molecular weight excluding hydrogens is 232 g/mol. The normalized spacial score (nSPS) is 23.9. The van der Waals surface area contributed by atoms with Gasteiger partial charge in [0.1, 0.15) is 5.54 Å². The Hall–Kier alpha value is -1.10. The number of nitrogens with one attached hydrogen (secondary N) is 1. The zero-order chi connectivity index (χ0) is 13.0. The summed E-state index contributed by atoms with van der Waals surface area (Å²) >= 11 is 0. The van der Waals surface area contributed by atoms with Crippen LogP contribution in [0.25, 0.3) is 0 Å². The third-order valence-electron chi connectivity index (χ3n) is 3.96. The number of hydrogen-bond acceptors (Lipinski definition) is 3. The van der Waals surface area contributed by atoms with E-state index in [0.717, 1.165) is 32.1 Å². The smallest absolute Gasteiger partial charge is 0.248 e. The second-order valence-electron chi connectivity index (χ2n) is 5.23. The summed E-state index contributed by atoms with van der Waals surface area (Å²) in [6.45, 7) is 1.61. The van der Waals surface area contributed by atoms with Crippen LogP contribution in [0.4, 0.5) is 0 Å². The predicted octanol–water partition coefficient (Wildman–Crippen LogP) is 0.684. The number of rotatable bonds is 3. The lowest BCUT2D eigenvalue weighted by Gasteiger charge is -2.38. The number of nitrogens with zero attached hydrogens (tertiary/aromatic N) is 1. The lowest BCUT2D eigenvalue weighted by Crippen LogP contribution is -2.58. The molecule has 0 bridgehead atoms. The molecule has 1 aliphatic heterocycles. The molecule has 5 heteroatoms. The molecule has 1 heterocycles. The standard InChI is InChI=1S/C13H22N2O3/c1-18-10-9-15-8-5-11(16)14-13(12(15)17)6-3-2-4-7-13/h2-10H2,1H3,(H,14,16). The lowest BCUT2D eigenvalue weighted by molar-refractivity contribution is -0.140. The maximum atomic E-state index is 12.6. The van der Waals surface area contributed by atoms with Crippen molar-refractivity contribution in [2.24, 2.45) is 0 Å². The number of ether oxygens (including phenoxy) is 1. The molecule has 1 spiro atoms. The molecule has 102 valence electrons. The largest absolute Gasteiger partial charge is 0.383 e. The van der Waals surface area contributed by atoms with Crippen LogP contribution in [0.2, 0.25) is 0 Å². The van der Waals surface area contributed by atoms with Crippen molar-refractivity contribution in [3.8, 4) is 0 Å². The van der Waals surface area contributed by atoms with Gasteiger partial charge in [-0.25, -0.2) is 0 Å². The third-order valence-corrected chi connectivity index (χ3v) is 3.96. The SMILES string of the molecule is COCCN1CCC(=O)NC2(CCCCC2)C1=O. The number of hydrogen-bond donors (Lipinski definition) is 1. The summed E-state index contributed by atoms with van der Waals surface area (Å²) in [5.41, 5.74) is -0.625. The predicted molar refractivity (Wildman–Crippen MR) is 67.0 cm³/mol. The van der Waals surface area contributed by atoms with Crippen LogP contribution < -0.4 is 5.32 Å². The van der Waals surface area contributed by atoms with Crippen molar-refractivity contribution >= 4 is 11.8 Å². The van der Waals surface area contributed by atoms with Crippen molar-refractivity contribution < 1.29 is 14.3 Å². The Morgan fingerprint density at radius 2 is 2.00 bits per heavy atom. The molecule has 1 N–H and O–H groups in total. The zero-order valence-corrected chi connectivity index (χ0v) is 11.0. The Kier molecular flexibility index (Phi) is 4.22. The average molecular weight is 254 g/mol. The van der Waals surface area contributed by atoms with Crippen molar-refractivity contribution in [1.82, 2.24) is 10.2 Å². The molecule has 0 unspecified atom stereocenters. The number of carbonyl (C=O) groups excluding carboxylic acids is 2. The first-order chi connectivity index (χ1) is 8.68. The van der Waals surface area contributed by atoms with Gasteiger partial charge in [-0.2, -0.15) is 0 Å². The second-order valence-corrected chi connectivity index (χ2v) is 5.23. The van der Waals surface area contributed by atoms with Gasteiger partial charge in [0.25, 0.3) is 0 Å². The summed E-state index contributed by atoms with van der Waals surface area (Å²) < 4.78 is 5.04. The van der Waals surface area contributed by atoms with Gasteiger partial charge >= 0.3 is 0 Å². The van der Waals surface area contributed by atoms with Crippen LogP contribution in [-0.4, -0.2) is 49.1 Å². The van der Waals surface area contributed by atoms with Crippen LogP contribution in [0.3, 0.4) is 0 Å². The van der Waals surface area contributed by atoms with Crippen LogP contribution in [0.15, 0.2) is 0 Å². The molecule has 0 radical (unpaired) electrons. The first kappa shape index (κ1) is 13.3. The van der Waals surface area contributed by atoms with E-state index < -0.39 is 5.54 Å². The van der Waals surface area contributed by atoms with Gasteiger partial charge in [-0.05, 0) is 12.8 Å². The Morgan fingerprint density at radius 1 is 1.28 bits per heavy atom. The molecule has 0 aromatic carbocycles. The number of carbonyl (C=O) groups is 2. The highest BCUT2D eigenvalue weighted by Gasteiger charge is 2.44. The first-order valence-electron chi connectivity index (χ1n) is 6.77. The Balaban J connectivity index is 2.15. The van der Waals surface area contributed by atoms with Gasteiger partial charge in [0.05, 0.1) is 6.61 Å². The highest BCUT2D eigenvalue weighted by molar-refractivity contribution is 5.93. The lowest BCUT2D eigenvalue weighted by atomic mass is 9.80. The van der Waals surface area contributed by atoms with Crippen LogP contribution in [-0.2, 0) is 14.3 Å². The molecule has 1 aliphatic carbocycles. The van der Waals surface area contributed by atoms with E-state index in [0.29, 0.717) is 26.1 Å². The monoisotopic (exact) mass is 254 g/mol. The van der Waals surface area contributed by atoms with E-state index in [1.54, 1.807) is 12.0 Å². The Labute approximate surface area is 108 Å². The molecule has 1 saturated heterocycles. The van der Waals surface area contributed by atoms with Crippen LogP contribution in [0.5, 0.6) is 0 Å². The Morgan fingerprint density at radius 3 is 2.67 bits per heavy atom. The summed E-state index contributed by atoms with van der Waals surface area (Å²) in [5.74, 6) is 0.0928. The van der Waals surface area contributed by atoms with Gasteiger partial charge in [0.15, 0.2) is 0 Å². The van der Waals surface area contributed by atoms with Crippen molar-refractivity contribution in [2.75, 3.05) is 26.8 Å². The molecule has 2 aliphatic rings. The van der Waals surface area contributed by atoms with Gasteiger partial charge < -0.3 is 15.0 Å². The second kappa shape index (κ2) is 5.69. The maximum Gasteiger partial charge on any atom is 0.248 e. The molecule has 18 heavy (non-hydrogen) atoms. The highest BCUT2D eigenvalue weighted by Crippen LogP contribution is 2.31. The molecule has 0 atom stereocenters. The quantitative estimate of drug-likeness (QED) is 0.806. The van der Waals surface area contributed by atoms with Crippen molar-refractivity contribution in [1.29, 1.82) is 0 Å². The summed E-state index contributed by atoms with van der Waals surface area (Å²) in [5, 5.41) is 2.98. The van der Waals surface area contributed by atoms with Crippen molar-refractivity contribution in [3.05, 3.63) is 0 Å². The summed E-state index contributed by atoms with van der Waals surface area (Å²) in [6, 6.07) is 0.